The van der Waals surface area contributed by atoms with E-state index in [0.717, 1.165) is 12.8 Å². The van der Waals surface area contributed by atoms with Gasteiger partial charge in [-0.3, -0.25) is 10.1 Å². The van der Waals surface area contributed by atoms with E-state index in [1.165, 1.54) is 22.8 Å². The quantitative estimate of drug-likeness (QED) is 0.483. The highest BCUT2D eigenvalue weighted by Gasteiger charge is 2.46. The van der Waals surface area contributed by atoms with Crippen molar-refractivity contribution in [2.45, 2.75) is 50.9 Å². The fourth-order valence-electron chi connectivity index (χ4n) is 4.69. The van der Waals surface area contributed by atoms with Gasteiger partial charge >= 0.3 is 5.97 Å². The van der Waals surface area contributed by atoms with Crippen molar-refractivity contribution in [2.75, 3.05) is 6.61 Å². The van der Waals surface area contributed by atoms with Crippen LogP contribution in [-0.2, 0) is 4.74 Å². The number of aryl methyl sites for hydroxylation is 1. The van der Waals surface area contributed by atoms with Gasteiger partial charge in [-0.15, -0.1) is 11.3 Å². The average molecular weight is 448 g/mol. The van der Waals surface area contributed by atoms with Crippen LogP contribution in [0.2, 0.25) is 0 Å². The number of aliphatic hydroxyl groups is 1. The summed E-state index contributed by atoms with van der Waals surface area (Å²) in [6.45, 7) is 2.08. The molecule has 0 bridgehead atoms. The van der Waals surface area contributed by atoms with Gasteiger partial charge in [0.2, 0.25) is 0 Å². The Morgan fingerprint density at radius 3 is 2.90 bits per heavy atom. The highest BCUT2D eigenvalue weighted by Crippen LogP contribution is 2.47. The largest absolute Gasteiger partial charge is 0.494 e. The van der Waals surface area contributed by atoms with E-state index in [4.69, 9.17) is 14.6 Å². The zero-order valence-corrected chi connectivity index (χ0v) is 17.8. The van der Waals surface area contributed by atoms with E-state index in [-0.39, 0.29) is 35.4 Å². The summed E-state index contributed by atoms with van der Waals surface area (Å²) in [6, 6.07) is 4.68. The Hall–Kier alpha value is -2.56. The second-order valence-corrected chi connectivity index (χ2v) is 8.98. The van der Waals surface area contributed by atoms with E-state index >= 15 is 0 Å². The van der Waals surface area contributed by atoms with Gasteiger partial charge in [0, 0.05) is 23.4 Å². The number of ether oxygens (including phenoxy) is 2. The van der Waals surface area contributed by atoms with Gasteiger partial charge in [0.1, 0.15) is 16.9 Å². The van der Waals surface area contributed by atoms with E-state index in [2.05, 4.69) is 4.98 Å². The Balaban J connectivity index is 1.32. The Kier molecular flexibility index (Phi) is 6.22. The molecule has 166 valence electrons. The summed E-state index contributed by atoms with van der Waals surface area (Å²) >= 11 is 1.29. The van der Waals surface area contributed by atoms with Crippen LogP contribution in [0.15, 0.2) is 23.6 Å². The molecule has 1 saturated heterocycles. The molecule has 2 N–H and O–H groups in total. The number of aliphatic hydroxyl groups excluding tert-OH is 1. The van der Waals surface area contributed by atoms with Crippen LogP contribution in [-0.4, -0.2) is 44.9 Å². The number of rotatable bonds is 7. The van der Waals surface area contributed by atoms with Crippen LogP contribution in [0.5, 0.6) is 5.75 Å². The van der Waals surface area contributed by atoms with Crippen LogP contribution in [0.25, 0.3) is 0 Å². The molecule has 9 nitrogen and oxygen atoms in total. The normalized spacial score (nSPS) is 27.6. The number of nitro benzene ring substituents is 1. The minimum atomic E-state index is -1.05. The van der Waals surface area contributed by atoms with Gasteiger partial charge in [0.15, 0.2) is 5.69 Å². The first-order valence-electron chi connectivity index (χ1n) is 10.2. The number of hydrogen-bond donors (Lipinski definition) is 2. The monoisotopic (exact) mass is 448 g/mol. The van der Waals surface area contributed by atoms with Gasteiger partial charge in [-0.1, -0.05) is 0 Å². The molecule has 31 heavy (non-hydrogen) atoms. The van der Waals surface area contributed by atoms with Crippen molar-refractivity contribution in [1.29, 1.82) is 0 Å². The summed E-state index contributed by atoms with van der Waals surface area (Å²) < 4.78 is 12.0. The molecule has 5 atom stereocenters. The van der Waals surface area contributed by atoms with Crippen LogP contribution in [0, 0.1) is 28.9 Å². The lowest BCUT2D eigenvalue weighted by Gasteiger charge is -2.34. The van der Waals surface area contributed by atoms with Gasteiger partial charge < -0.3 is 19.7 Å². The van der Waals surface area contributed by atoms with Gasteiger partial charge in [-0.05, 0) is 50.2 Å². The predicted octanol–water partition coefficient (Wildman–Crippen LogP) is 3.74. The predicted molar refractivity (Wildman–Crippen MR) is 111 cm³/mol. The lowest BCUT2D eigenvalue weighted by molar-refractivity contribution is -0.385. The number of carbonyl (C=O) groups is 1. The molecule has 1 aromatic heterocycles. The van der Waals surface area contributed by atoms with Gasteiger partial charge in [-0.2, -0.15) is 0 Å². The molecule has 2 heterocycles. The summed E-state index contributed by atoms with van der Waals surface area (Å²) in [6.07, 6.45) is 2.01. The first-order valence-corrected chi connectivity index (χ1v) is 11.1. The van der Waals surface area contributed by atoms with Crippen molar-refractivity contribution in [2.24, 2.45) is 11.8 Å². The molecule has 1 aliphatic heterocycles. The Labute approximate surface area is 182 Å². The summed E-state index contributed by atoms with van der Waals surface area (Å²) in [4.78, 5) is 25.7. The van der Waals surface area contributed by atoms with Crippen LogP contribution in [0.4, 0.5) is 5.69 Å². The number of carboxylic acids is 1. The number of hydrogen-bond acceptors (Lipinski definition) is 8. The van der Waals surface area contributed by atoms with Gasteiger partial charge in [0.25, 0.3) is 5.69 Å². The number of aromatic carboxylic acids is 1. The number of aromatic nitrogens is 1. The minimum Gasteiger partial charge on any atom is -0.494 e. The number of thiazole rings is 1. The average Bonchev–Trinajstić information content (AvgIpc) is 3.32. The van der Waals surface area contributed by atoms with Crippen molar-refractivity contribution < 1.29 is 29.4 Å². The van der Waals surface area contributed by atoms with Crippen molar-refractivity contribution in [3.63, 3.8) is 0 Å². The van der Waals surface area contributed by atoms with E-state index in [9.17, 15) is 20.0 Å². The third-order valence-corrected chi connectivity index (χ3v) is 7.13. The molecule has 2 aromatic rings. The molecule has 0 radical (unpaired) electrons. The molecule has 0 spiro atoms. The van der Waals surface area contributed by atoms with Crippen LogP contribution >= 0.6 is 11.3 Å². The second kappa shape index (κ2) is 8.89. The third-order valence-electron chi connectivity index (χ3n) is 6.20. The molecule has 0 amide bonds. The fourth-order valence-corrected chi connectivity index (χ4v) is 5.55. The molecule has 2 fully saturated rings. The van der Waals surface area contributed by atoms with Gasteiger partial charge in [0.05, 0.1) is 23.7 Å². The van der Waals surface area contributed by atoms with Crippen molar-refractivity contribution in [3.05, 3.63) is 50.0 Å². The van der Waals surface area contributed by atoms with Gasteiger partial charge in [-0.25, -0.2) is 9.78 Å². The Bertz CT molecular complexity index is 978. The lowest BCUT2D eigenvalue weighted by atomic mass is 9.85. The maximum absolute atomic E-state index is 11.1. The summed E-state index contributed by atoms with van der Waals surface area (Å²) in [7, 11) is 0. The van der Waals surface area contributed by atoms with Crippen LogP contribution < -0.4 is 4.74 Å². The molecule has 1 saturated carbocycles. The number of nitrogens with zero attached hydrogens (tertiary/aromatic N) is 2. The fraction of sp³-hybridized carbons (Fsp3) is 0.524. The standard InChI is InChI=1S/C21H24N2O7S/c1-11-8-12(2-4-16(11)23(27)28)29-7-6-13-14-3-5-18(30-19(14)9-17(13)24)20-22-15(10-31-20)21(25)26/h2,4,8,10,13-14,17-19,24H,3,5-7,9H2,1H3,(H,25,26)/t13-,14-,17-,18-,19+/m1/s1. The molecule has 2 aliphatic rings. The van der Waals surface area contributed by atoms with E-state index in [1.807, 2.05) is 0 Å². The molecular formula is C21H24N2O7S. The SMILES string of the molecule is Cc1cc(OCC[C@@H]2[C@H]3CC[C@H](c4nc(C(=O)O)cs4)O[C@H]3C[C@H]2O)ccc1[N+](=O)[O-]. The van der Waals surface area contributed by atoms with Crippen molar-refractivity contribution in [1.82, 2.24) is 4.98 Å². The minimum absolute atomic E-state index is 0.0358. The molecule has 1 aromatic carbocycles. The van der Waals surface area contributed by atoms with Crippen LogP contribution in [0.1, 0.15) is 52.8 Å². The van der Waals surface area contributed by atoms with Crippen molar-refractivity contribution >= 4 is 23.0 Å². The number of benzene rings is 1. The van der Waals surface area contributed by atoms with Crippen LogP contribution in [0.3, 0.4) is 0 Å². The Morgan fingerprint density at radius 2 is 2.23 bits per heavy atom. The Morgan fingerprint density at radius 1 is 1.42 bits per heavy atom. The molecule has 10 heteroatoms. The highest BCUT2D eigenvalue weighted by atomic mass is 32.1. The molecule has 0 unspecified atom stereocenters. The smallest absolute Gasteiger partial charge is 0.355 e. The maximum Gasteiger partial charge on any atom is 0.355 e. The molecular weight excluding hydrogens is 424 g/mol. The van der Waals surface area contributed by atoms with E-state index in [0.29, 0.717) is 35.8 Å². The first-order chi connectivity index (χ1) is 14.8. The topological polar surface area (TPSA) is 132 Å². The first kappa shape index (κ1) is 21.7. The van der Waals surface area contributed by atoms with Crippen molar-refractivity contribution in [3.8, 4) is 5.75 Å². The zero-order valence-electron chi connectivity index (χ0n) is 17.0. The summed E-state index contributed by atoms with van der Waals surface area (Å²) in [5.74, 6) is -0.204. The molecule has 1 aliphatic carbocycles. The number of carboxylic acid groups (broad SMARTS) is 1. The summed E-state index contributed by atoms with van der Waals surface area (Å²) in [5.41, 5.74) is 0.642. The third kappa shape index (κ3) is 4.56. The maximum atomic E-state index is 11.1. The number of fused-ring (bicyclic) bond motifs is 1. The van der Waals surface area contributed by atoms with E-state index < -0.39 is 17.0 Å². The zero-order chi connectivity index (χ0) is 22.1. The summed E-state index contributed by atoms with van der Waals surface area (Å²) in [5, 5.41) is 32.8. The second-order valence-electron chi connectivity index (χ2n) is 8.09. The highest BCUT2D eigenvalue weighted by molar-refractivity contribution is 7.09. The van der Waals surface area contributed by atoms with E-state index in [1.54, 1.807) is 19.1 Å². The number of nitro groups is 1. The lowest BCUT2D eigenvalue weighted by Crippen LogP contribution is -2.31. The molecule has 4 rings (SSSR count).